The average molecular weight is 436 g/mol. The second-order valence-electron chi connectivity index (χ2n) is 7.62. The molecule has 0 unspecified atom stereocenters. The summed E-state index contributed by atoms with van der Waals surface area (Å²) in [5.41, 5.74) is 3.99. The van der Waals surface area contributed by atoms with Crippen molar-refractivity contribution in [3.63, 3.8) is 0 Å². The zero-order valence-corrected chi connectivity index (χ0v) is 18.5. The number of anilines is 1. The molecule has 1 aliphatic carbocycles. The fourth-order valence-electron chi connectivity index (χ4n) is 3.70. The molecule has 1 aromatic heterocycles. The molecule has 0 fully saturated rings. The highest BCUT2D eigenvalue weighted by Crippen LogP contribution is 2.29. The van der Waals surface area contributed by atoms with Crippen LogP contribution in [0, 0.1) is 6.92 Å². The molecule has 2 aromatic carbocycles. The van der Waals surface area contributed by atoms with Gasteiger partial charge in [0, 0.05) is 22.5 Å². The van der Waals surface area contributed by atoms with E-state index in [2.05, 4.69) is 15.6 Å². The van der Waals surface area contributed by atoms with E-state index in [0.717, 1.165) is 41.8 Å². The Morgan fingerprint density at radius 2 is 1.87 bits per heavy atom. The molecule has 0 spiro atoms. The molecule has 1 heterocycles. The van der Waals surface area contributed by atoms with E-state index in [4.69, 9.17) is 4.74 Å². The van der Waals surface area contributed by atoms with Crippen LogP contribution in [-0.4, -0.2) is 23.9 Å². The third-order valence-electron chi connectivity index (χ3n) is 5.37. The monoisotopic (exact) mass is 435 g/mol. The van der Waals surface area contributed by atoms with Gasteiger partial charge in [-0.25, -0.2) is 4.98 Å². The van der Waals surface area contributed by atoms with Crippen molar-refractivity contribution >= 4 is 28.3 Å². The maximum atomic E-state index is 12.7. The summed E-state index contributed by atoms with van der Waals surface area (Å²) in [7, 11) is 1.61. The van der Waals surface area contributed by atoms with Gasteiger partial charge in [-0.1, -0.05) is 12.1 Å². The summed E-state index contributed by atoms with van der Waals surface area (Å²) < 4.78 is 5.24. The summed E-state index contributed by atoms with van der Waals surface area (Å²) >= 11 is 1.57. The van der Waals surface area contributed by atoms with E-state index in [1.165, 1.54) is 11.3 Å². The standard InChI is InChI=1S/C24H25N3O3S/c1-15-12-18(10-11-20(15)30-2)22(28)25-14-16-6-5-7-17(13-16)23(29)27-24-26-19-8-3-4-9-21(19)31-24/h5-7,10-13H,3-4,8-9,14H2,1-2H3,(H,25,28)(H,26,27,29). The van der Waals surface area contributed by atoms with Crippen molar-refractivity contribution in [3.05, 3.63) is 75.3 Å². The summed E-state index contributed by atoms with van der Waals surface area (Å²) in [5.74, 6) is 0.385. The van der Waals surface area contributed by atoms with E-state index in [9.17, 15) is 9.59 Å². The molecule has 0 atom stereocenters. The van der Waals surface area contributed by atoms with Crippen LogP contribution >= 0.6 is 11.3 Å². The van der Waals surface area contributed by atoms with Crippen LogP contribution in [0.4, 0.5) is 5.13 Å². The van der Waals surface area contributed by atoms with Gasteiger partial charge in [0.2, 0.25) is 0 Å². The molecule has 1 aliphatic rings. The van der Waals surface area contributed by atoms with E-state index in [1.54, 1.807) is 48.8 Å². The number of aryl methyl sites for hydroxylation is 3. The number of hydrogen-bond donors (Lipinski definition) is 2. The van der Waals surface area contributed by atoms with Crippen molar-refractivity contribution in [2.45, 2.75) is 39.2 Å². The van der Waals surface area contributed by atoms with Crippen LogP contribution < -0.4 is 15.4 Å². The summed E-state index contributed by atoms with van der Waals surface area (Å²) in [4.78, 5) is 31.0. The van der Waals surface area contributed by atoms with Gasteiger partial charge in [0.05, 0.1) is 12.8 Å². The Morgan fingerprint density at radius 1 is 1.06 bits per heavy atom. The normalized spacial score (nSPS) is 12.7. The van der Waals surface area contributed by atoms with Gasteiger partial charge in [0.25, 0.3) is 11.8 Å². The van der Waals surface area contributed by atoms with Crippen molar-refractivity contribution in [2.75, 3.05) is 12.4 Å². The molecule has 0 saturated heterocycles. The number of amides is 2. The van der Waals surface area contributed by atoms with Crippen LogP contribution in [0.3, 0.4) is 0 Å². The number of carbonyl (C=O) groups excluding carboxylic acids is 2. The lowest BCUT2D eigenvalue weighted by Crippen LogP contribution is -2.23. The number of nitrogens with zero attached hydrogens (tertiary/aromatic N) is 1. The largest absolute Gasteiger partial charge is 0.496 e. The van der Waals surface area contributed by atoms with Crippen molar-refractivity contribution < 1.29 is 14.3 Å². The van der Waals surface area contributed by atoms with Crippen molar-refractivity contribution in [1.29, 1.82) is 0 Å². The number of aromatic nitrogens is 1. The lowest BCUT2D eigenvalue weighted by Gasteiger charge is -2.09. The van der Waals surface area contributed by atoms with Crippen molar-refractivity contribution in [1.82, 2.24) is 10.3 Å². The summed E-state index contributed by atoms with van der Waals surface area (Å²) in [6.07, 6.45) is 4.39. The molecular weight excluding hydrogens is 410 g/mol. The Kier molecular flexibility index (Phi) is 6.32. The van der Waals surface area contributed by atoms with Crippen LogP contribution in [0.1, 0.15) is 55.3 Å². The zero-order chi connectivity index (χ0) is 21.8. The highest BCUT2D eigenvalue weighted by atomic mass is 32.1. The van der Waals surface area contributed by atoms with Crippen LogP contribution in [-0.2, 0) is 19.4 Å². The lowest BCUT2D eigenvalue weighted by molar-refractivity contribution is 0.0950. The smallest absolute Gasteiger partial charge is 0.257 e. The SMILES string of the molecule is COc1ccc(C(=O)NCc2cccc(C(=O)Nc3nc4c(s3)CCCC4)c2)cc1C. The maximum Gasteiger partial charge on any atom is 0.257 e. The maximum absolute atomic E-state index is 12.7. The van der Waals surface area contributed by atoms with Gasteiger partial charge in [-0.15, -0.1) is 11.3 Å². The first-order chi connectivity index (χ1) is 15.0. The molecule has 0 saturated carbocycles. The van der Waals surface area contributed by atoms with Gasteiger partial charge in [-0.05, 0) is 74.1 Å². The fraction of sp³-hybridized carbons (Fsp3) is 0.292. The number of benzene rings is 2. The van der Waals surface area contributed by atoms with Gasteiger partial charge in [0.1, 0.15) is 5.75 Å². The summed E-state index contributed by atoms with van der Waals surface area (Å²) in [6, 6.07) is 12.6. The Morgan fingerprint density at radius 3 is 2.65 bits per heavy atom. The molecule has 0 radical (unpaired) electrons. The van der Waals surface area contributed by atoms with E-state index in [0.29, 0.717) is 22.8 Å². The van der Waals surface area contributed by atoms with Crippen LogP contribution in [0.5, 0.6) is 5.75 Å². The minimum atomic E-state index is -0.190. The first-order valence-corrected chi connectivity index (χ1v) is 11.2. The van der Waals surface area contributed by atoms with E-state index in [-0.39, 0.29) is 11.8 Å². The predicted octanol–water partition coefficient (Wildman–Crippen LogP) is 4.52. The molecule has 3 aromatic rings. The van der Waals surface area contributed by atoms with Crippen LogP contribution in [0.15, 0.2) is 42.5 Å². The second kappa shape index (κ2) is 9.31. The molecule has 0 bridgehead atoms. The minimum Gasteiger partial charge on any atom is -0.496 e. The first-order valence-electron chi connectivity index (χ1n) is 10.3. The number of ether oxygens (including phenoxy) is 1. The minimum absolute atomic E-state index is 0.172. The molecule has 160 valence electrons. The lowest BCUT2D eigenvalue weighted by atomic mass is 10.0. The van der Waals surface area contributed by atoms with E-state index in [1.807, 2.05) is 19.1 Å². The van der Waals surface area contributed by atoms with Crippen LogP contribution in [0.2, 0.25) is 0 Å². The second-order valence-corrected chi connectivity index (χ2v) is 8.70. The Bertz CT molecular complexity index is 1100. The van der Waals surface area contributed by atoms with Crippen molar-refractivity contribution in [2.24, 2.45) is 0 Å². The number of hydrogen-bond acceptors (Lipinski definition) is 5. The van der Waals surface area contributed by atoms with Gasteiger partial charge in [-0.3, -0.25) is 14.9 Å². The van der Waals surface area contributed by atoms with Crippen LogP contribution in [0.25, 0.3) is 0 Å². The Balaban J connectivity index is 1.38. The molecular formula is C24H25N3O3S. The van der Waals surface area contributed by atoms with E-state index >= 15 is 0 Å². The molecule has 4 rings (SSSR count). The molecule has 7 heteroatoms. The summed E-state index contributed by atoms with van der Waals surface area (Å²) in [5, 5.41) is 6.48. The Hall–Kier alpha value is -3.19. The fourth-order valence-corrected chi connectivity index (χ4v) is 4.75. The zero-order valence-electron chi connectivity index (χ0n) is 17.7. The number of rotatable bonds is 6. The van der Waals surface area contributed by atoms with Gasteiger partial charge < -0.3 is 10.1 Å². The molecule has 2 N–H and O–H groups in total. The van der Waals surface area contributed by atoms with Gasteiger partial charge >= 0.3 is 0 Å². The molecule has 31 heavy (non-hydrogen) atoms. The van der Waals surface area contributed by atoms with Gasteiger partial charge in [0.15, 0.2) is 5.13 Å². The number of fused-ring (bicyclic) bond motifs is 1. The third kappa shape index (κ3) is 4.94. The average Bonchev–Trinajstić information content (AvgIpc) is 3.19. The molecule has 6 nitrogen and oxygen atoms in total. The molecule has 0 aliphatic heterocycles. The Labute approximate surface area is 185 Å². The highest BCUT2D eigenvalue weighted by molar-refractivity contribution is 7.15. The quantitative estimate of drug-likeness (QED) is 0.597. The highest BCUT2D eigenvalue weighted by Gasteiger charge is 2.17. The number of carbonyl (C=O) groups is 2. The van der Waals surface area contributed by atoms with E-state index < -0.39 is 0 Å². The van der Waals surface area contributed by atoms with Gasteiger partial charge in [-0.2, -0.15) is 0 Å². The third-order valence-corrected chi connectivity index (χ3v) is 6.44. The topological polar surface area (TPSA) is 80.3 Å². The summed E-state index contributed by atoms with van der Waals surface area (Å²) in [6.45, 7) is 2.23. The number of nitrogens with one attached hydrogen (secondary N) is 2. The molecule has 2 amide bonds. The predicted molar refractivity (Wildman–Crippen MR) is 122 cm³/mol. The number of thiazole rings is 1. The van der Waals surface area contributed by atoms with Crippen molar-refractivity contribution in [3.8, 4) is 5.75 Å². The first kappa shape index (κ1) is 21.1. The number of methoxy groups -OCH3 is 1.